The molecule has 1 nitrogen and oxygen atoms in total. The molecule has 19 heavy (non-hydrogen) atoms. The first-order chi connectivity index (χ1) is 9.10. The van der Waals surface area contributed by atoms with Gasteiger partial charge in [0.15, 0.2) is 0 Å². The predicted octanol–water partition coefficient (Wildman–Crippen LogP) is 5.05. The van der Waals surface area contributed by atoms with Crippen molar-refractivity contribution in [2.75, 3.05) is 6.54 Å². The van der Waals surface area contributed by atoms with E-state index < -0.39 is 0 Å². The van der Waals surface area contributed by atoms with Crippen LogP contribution in [-0.4, -0.2) is 6.54 Å². The molecule has 1 aromatic carbocycles. The van der Waals surface area contributed by atoms with Gasteiger partial charge in [0.2, 0.25) is 0 Å². The van der Waals surface area contributed by atoms with Crippen LogP contribution in [-0.2, 0) is 0 Å². The van der Waals surface area contributed by atoms with E-state index in [-0.39, 0.29) is 5.82 Å². The Morgan fingerprint density at radius 3 is 2.89 bits per heavy atom. The van der Waals surface area contributed by atoms with Crippen molar-refractivity contribution in [1.82, 2.24) is 5.32 Å². The smallest absolute Gasteiger partial charge is 0.124 e. The van der Waals surface area contributed by atoms with Crippen molar-refractivity contribution in [2.24, 2.45) is 0 Å². The average Bonchev–Trinajstić information content (AvgIpc) is 2.76. The summed E-state index contributed by atoms with van der Waals surface area (Å²) in [6, 6.07) is 7.50. The van der Waals surface area contributed by atoms with Crippen LogP contribution in [0.25, 0.3) is 10.1 Å². The zero-order valence-electron chi connectivity index (χ0n) is 11.5. The maximum atomic E-state index is 13.2. The molecule has 0 amide bonds. The highest BCUT2D eigenvalue weighted by Gasteiger charge is 2.13. The van der Waals surface area contributed by atoms with E-state index in [9.17, 15) is 4.39 Å². The van der Waals surface area contributed by atoms with Crippen LogP contribution < -0.4 is 5.32 Å². The van der Waals surface area contributed by atoms with Gasteiger partial charge in [-0.05, 0) is 49.9 Å². The predicted molar refractivity (Wildman–Crippen MR) is 82.2 cm³/mol. The first kappa shape index (κ1) is 14.2. The lowest BCUT2D eigenvalue weighted by Crippen LogP contribution is -2.19. The lowest BCUT2D eigenvalue weighted by molar-refractivity contribution is 0.522. The van der Waals surface area contributed by atoms with Gasteiger partial charge < -0.3 is 5.32 Å². The molecule has 0 fully saturated rings. The summed E-state index contributed by atoms with van der Waals surface area (Å²) in [5, 5.41) is 4.63. The van der Waals surface area contributed by atoms with Gasteiger partial charge in [-0.1, -0.05) is 18.6 Å². The summed E-state index contributed by atoms with van der Waals surface area (Å²) in [6.07, 6.45) is 2.05. The molecule has 1 heterocycles. The summed E-state index contributed by atoms with van der Waals surface area (Å²) in [6.45, 7) is 9.07. The highest BCUT2D eigenvalue weighted by atomic mass is 32.1. The number of hydrogen-bond acceptors (Lipinski definition) is 2. The van der Waals surface area contributed by atoms with Crippen molar-refractivity contribution >= 4 is 21.4 Å². The minimum Gasteiger partial charge on any atom is -0.310 e. The Morgan fingerprint density at radius 2 is 2.21 bits per heavy atom. The number of thiophene rings is 1. The molecule has 0 bridgehead atoms. The van der Waals surface area contributed by atoms with Crippen LogP contribution in [0.4, 0.5) is 4.39 Å². The number of rotatable bonds is 6. The highest BCUT2D eigenvalue weighted by molar-refractivity contribution is 7.19. The molecule has 1 N–H and O–H groups in total. The average molecular weight is 277 g/mol. The second-order valence-corrected chi connectivity index (χ2v) is 6.05. The Kier molecular flexibility index (Phi) is 4.72. The maximum absolute atomic E-state index is 13.2. The zero-order chi connectivity index (χ0) is 13.8. The topological polar surface area (TPSA) is 12.0 Å². The fourth-order valence-electron chi connectivity index (χ4n) is 2.18. The number of halogens is 1. The van der Waals surface area contributed by atoms with E-state index in [1.807, 2.05) is 6.07 Å². The third-order valence-electron chi connectivity index (χ3n) is 3.15. The van der Waals surface area contributed by atoms with Crippen molar-refractivity contribution in [1.29, 1.82) is 0 Å². The molecular formula is C16H20FNS. The molecule has 1 unspecified atom stereocenters. The zero-order valence-corrected chi connectivity index (χ0v) is 12.3. The summed E-state index contributed by atoms with van der Waals surface area (Å²) in [5.74, 6) is -0.164. The molecule has 0 aliphatic rings. The molecule has 2 aromatic rings. The molecule has 2 rings (SSSR count). The van der Waals surface area contributed by atoms with Gasteiger partial charge in [-0.2, -0.15) is 0 Å². The maximum Gasteiger partial charge on any atom is 0.124 e. The van der Waals surface area contributed by atoms with Gasteiger partial charge >= 0.3 is 0 Å². The van der Waals surface area contributed by atoms with E-state index in [1.165, 1.54) is 16.5 Å². The second kappa shape index (κ2) is 6.31. The Bertz CT molecular complexity index is 573. The molecule has 1 aromatic heterocycles. The molecule has 0 aliphatic carbocycles. The van der Waals surface area contributed by atoms with E-state index in [0.29, 0.717) is 6.04 Å². The summed E-state index contributed by atoms with van der Waals surface area (Å²) in [7, 11) is 0. The van der Waals surface area contributed by atoms with E-state index in [2.05, 4.69) is 31.8 Å². The highest BCUT2D eigenvalue weighted by Crippen LogP contribution is 2.32. The van der Waals surface area contributed by atoms with Gasteiger partial charge in [-0.3, -0.25) is 0 Å². The normalized spacial score (nSPS) is 12.8. The Hall–Kier alpha value is -1.19. The molecule has 3 heteroatoms. The SMILES string of the molecule is C=C(C)CCC(NCC)c1cc2ccc(F)cc2s1. The van der Waals surface area contributed by atoms with Crippen molar-refractivity contribution in [3.05, 3.63) is 47.1 Å². The molecule has 1 atom stereocenters. The van der Waals surface area contributed by atoms with Gasteiger partial charge in [0.25, 0.3) is 0 Å². The lowest BCUT2D eigenvalue weighted by atomic mass is 10.1. The monoisotopic (exact) mass is 277 g/mol. The van der Waals surface area contributed by atoms with Crippen LogP contribution in [0, 0.1) is 5.82 Å². The quantitative estimate of drug-likeness (QED) is 0.729. The lowest BCUT2D eigenvalue weighted by Gasteiger charge is -2.16. The van der Waals surface area contributed by atoms with E-state index in [4.69, 9.17) is 0 Å². The van der Waals surface area contributed by atoms with E-state index >= 15 is 0 Å². The van der Waals surface area contributed by atoms with Crippen LogP contribution in [0.3, 0.4) is 0 Å². The summed E-state index contributed by atoms with van der Waals surface area (Å²) in [4.78, 5) is 1.28. The van der Waals surface area contributed by atoms with Gasteiger partial charge in [0.05, 0.1) is 0 Å². The third kappa shape index (κ3) is 3.64. The number of fused-ring (bicyclic) bond motifs is 1. The van der Waals surface area contributed by atoms with Gasteiger partial charge in [0.1, 0.15) is 5.82 Å². The van der Waals surface area contributed by atoms with E-state index in [0.717, 1.165) is 29.5 Å². The largest absolute Gasteiger partial charge is 0.310 e. The Balaban J connectivity index is 2.25. The summed E-state index contributed by atoms with van der Waals surface area (Å²) < 4.78 is 14.2. The van der Waals surface area contributed by atoms with Crippen LogP contribution in [0.5, 0.6) is 0 Å². The minimum atomic E-state index is -0.164. The molecule has 0 aliphatic heterocycles. The summed E-state index contributed by atoms with van der Waals surface area (Å²) in [5.41, 5.74) is 1.20. The fraction of sp³-hybridized carbons (Fsp3) is 0.375. The second-order valence-electron chi connectivity index (χ2n) is 4.94. The minimum absolute atomic E-state index is 0.164. The standard InChI is InChI=1S/C16H20FNS/c1-4-18-14(8-5-11(2)3)16-9-12-6-7-13(17)10-15(12)19-16/h6-7,9-10,14,18H,2,4-5,8H2,1,3H3. The molecular weight excluding hydrogens is 257 g/mol. The van der Waals surface area contributed by atoms with Gasteiger partial charge in [0, 0.05) is 15.6 Å². The Morgan fingerprint density at radius 1 is 1.42 bits per heavy atom. The number of hydrogen-bond donors (Lipinski definition) is 1. The number of allylic oxidation sites excluding steroid dienone is 1. The van der Waals surface area contributed by atoms with Crippen molar-refractivity contribution in [2.45, 2.75) is 32.7 Å². The molecule has 102 valence electrons. The molecule has 0 saturated carbocycles. The van der Waals surface area contributed by atoms with Crippen LogP contribution in [0.15, 0.2) is 36.4 Å². The fourth-order valence-corrected chi connectivity index (χ4v) is 3.38. The number of nitrogens with one attached hydrogen (secondary N) is 1. The summed E-state index contributed by atoms with van der Waals surface area (Å²) >= 11 is 1.68. The molecule has 0 saturated heterocycles. The molecule has 0 radical (unpaired) electrons. The van der Waals surface area contributed by atoms with Crippen LogP contribution >= 0.6 is 11.3 Å². The third-order valence-corrected chi connectivity index (χ3v) is 4.37. The van der Waals surface area contributed by atoms with Gasteiger partial charge in [-0.15, -0.1) is 17.9 Å². The van der Waals surface area contributed by atoms with Crippen LogP contribution in [0.2, 0.25) is 0 Å². The first-order valence-electron chi connectivity index (χ1n) is 6.67. The van der Waals surface area contributed by atoms with Crippen molar-refractivity contribution < 1.29 is 4.39 Å². The number of benzene rings is 1. The van der Waals surface area contributed by atoms with Crippen molar-refractivity contribution in [3.63, 3.8) is 0 Å². The molecule has 0 spiro atoms. The van der Waals surface area contributed by atoms with E-state index in [1.54, 1.807) is 17.4 Å². The van der Waals surface area contributed by atoms with Crippen molar-refractivity contribution in [3.8, 4) is 0 Å². The van der Waals surface area contributed by atoms with Crippen LogP contribution in [0.1, 0.15) is 37.6 Å². The first-order valence-corrected chi connectivity index (χ1v) is 7.48. The van der Waals surface area contributed by atoms with Gasteiger partial charge in [-0.25, -0.2) is 4.39 Å². The Labute approximate surface area is 118 Å².